The van der Waals surface area contributed by atoms with E-state index >= 15 is 0 Å². The van der Waals surface area contributed by atoms with Gasteiger partial charge in [-0.05, 0) is 51.3 Å². The highest BCUT2D eigenvalue weighted by atomic mass is 19.1. The Morgan fingerprint density at radius 1 is 1.21 bits per heavy atom. The highest BCUT2D eigenvalue weighted by molar-refractivity contribution is 5.16. The van der Waals surface area contributed by atoms with Crippen molar-refractivity contribution in [1.82, 2.24) is 10.2 Å². The second kappa shape index (κ2) is 5.59. The van der Waals surface area contributed by atoms with Crippen LogP contribution < -0.4 is 5.32 Å². The minimum atomic E-state index is -0.0987. The standard InChI is InChI=1S/C16H23FN2/c1-19-14-6-7-15(19)9-12(8-14)10-18-11-13-4-2-3-5-16(13)17/h2-5,12,14-15,18H,6-11H2,1H3. The average molecular weight is 262 g/mol. The monoisotopic (exact) mass is 262 g/mol. The molecule has 2 heterocycles. The summed E-state index contributed by atoms with van der Waals surface area (Å²) in [4.78, 5) is 2.56. The molecule has 2 bridgehead atoms. The van der Waals surface area contributed by atoms with E-state index in [-0.39, 0.29) is 5.82 Å². The molecule has 1 aromatic carbocycles. The van der Waals surface area contributed by atoms with Crippen LogP contribution in [0.3, 0.4) is 0 Å². The molecule has 0 aromatic heterocycles. The molecule has 2 fully saturated rings. The van der Waals surface area contributed by atoms with Crippen LogP contribution in [-0.2, 0) is 6.54 Å². The third kappa shape index (κ3) is 2.82. The fourth-order valence-corrected chi connectivity index (χ4v) is 3.74. The van der Waals surface area contributed by atoms with Gasteiger partial charge in [0.25, 0.3) is 0 Å². The van der Waals surface area contributed by atoms with Crippen LogP contribution in [0.4, 0.5) is 4.39 Å². The number of hydrogen-bond donors (Lipinski definition) is 1. The lowest BCUT2D eigenvalue weighted by molar-refractivity contribution is 0.133. The van der Waals surface area contributed by atoms with Crippen LogP contribution in [0.15, 0.2) is 24.3 Å². The summed E-state index contributed by atoms with van der Waals surface area (Å²) in [7, 11) is 2.27. The highest BCUT2D eigenvalue weighted by Crippen LogP contribution is 2.36. The molecule has 0 spiro atoms. The van der Waals surface area contributed by atoms with Crippen molar-refractivity contribution in [2.75, 3.05) is 13.6 Å². The van der Waals surface area contributed by atoms with Gasteiger partial charge in [-0.3, -0.25) is 0 Å². The summed E-state index contributed by atoms with van der Waals surface area (Å²) < 4.78 is 13.5. The van der Waals surface area contributed by atoms with Crippen LogP contribution in [0.1, 0.15) is 31.2 Å². The molecule has 19 heavy (non-hydrogen) atoms. The lowest BCUT2D eigenvalue weighted by atomic mass is 9.91. The number of piperidine rings is 1. The molecule has 1 aromatic rings. The molecule has 2 atom stereocenters. The lowest BCUT2D eigenvalue weighted by Gasteiger charge is -2.36. The van der Waals surface area contributed by atoms with Crippen LogP contribution >= 0.6 is 0 Å². The zero-order valence-corrected chi connectivity index (χ0v) is 11.6. The third-order valence-corrected chi connectivity index (χ3v) is 4.90. The van der Waals surface area contributed by atoms with Crippen molar-refractivity contribution in [3.05, 3.63) is 35.6 Å². The van der Waals surface area contributed by atoms with Crippen LogP contribution in [-0.4, -0.2) is 30.6 Å². The maximum atomic E-state index is 13.5. The largest absolute Gasteiger partial charge is 0.312 e. The first-order chi connectivity index (χ1) is 9.24. The van der Waals surface area contributed by atoms with Crippen molar-refractivity contribution in [3.63, 3.8) is 0 Å². The van der Waals surface area contributed by atoms with Gasteiger partial charge in [-0.2, -0.15) is 0 Å². The SMILES string of the molecule is CN1C2CCC1CC(CNCc1ccccc1F)C2. The molecule has 0 amide bonds. The summed E-state index contributed by atoms with van der Waals surface area (Å²) >= 11 is 0. The maximum Gasteiger partial charge on any atom is 0.127 e. The Labute approximate surface area is 115 Å². The Kier molecular flexibility index (Phi) is 3.85. The molecule has 2 aliphatic rings. The molecule has 3 heteroatoms. The summed E-state index contributed by atoms with van der Waals surface area (Å²) in [5, 5.41) is 3.44. The van der Waals surface area contributed by atoms with E-state index in [4.69, 9.17) is 0 Å². The zero-order valence-electron chi connectivity index (χ0n) is 11.6. The van der Waals surface area contributed by atoms with Crippen LogP contribution in [0.2, 0.25) is 0 Å². The van der Waals surface area contributed by atoms with Gasteiger partial charge >= 0.3 is 0 Å². The Balaban J connectivity index is 1.48. The van der Waals surface area contributed by atoms with Crippen molar-refractivity contribution in [3.8, 4) is 0 Å². The second-order valence-electron chi connectivity index (χ2n) is 6.11. The van der Waals surface area contributed by atoms with Crippen molar-refractivity contribution in [2.45, 2.75) is 44.3 Å². The summed E-state index contributed by atoms with van der Waals surface area (Å²) in [5.41, 5.74) is 0.776. The number of nitrogens with zero attached hydrogens (tertiary/aromatic N) is 1. The Hall–Kier alpha value is -0.930. The molecule has 2 saturated heterocycles. The smallest absolute Gasteiger partial charge is 0.127 e. The van der Waals surface area contributed by atoms with Gasteiger partial charge in [0, 0.05) is 24.2 Å². The van der Waals surface area contributed by atoms with Gasteiger partial charge in [-0.25, -0.2) is 4.39 Å². The molecule has 2 nitrogen and oxygen atoms in total. The first-order valence-corrected chi connectivity index (χ1v) is 7.40. The van der Waals surface area contributed by atoms with Gasteiger partial charge < -0.3 is 10.2 Å². The van der Waals surface area contributed by atoms with Crippen LogP contribution in [0.25, 0.3) is 0 Å². The number of benzene rings is 1. The van der Waals surface area contributed by atoms with E-state index in [1.807, 2.05) is 12.1 Å². The number of rotatable bonds is 4. The molecule has 2 aliphatic heterocycles. The second-order valence-corrected chi connectivity index (χ2v) is 6.11. The van der Waals surface area contributed by atoms with Crippen molar-refractivity contribution >= 4 is 0 Å². The first kappa shape index (κ1) is 13.1. The molecule has 0 radical (unpaired) electrons. The van der Waals surface area contributed by atoms with E-state index in [9.17, 15) is 4.39 Å². The quantitative estimate of drug-likeness (QED) is 0.897. The fourth-order valence-electron chi connectivity index (χ4n) is 3.74. The molecule has 1 N–H and O–H groups in total. The van der Waals surface area contributed by atoms with Crippen molar-refractivity contribution < 1.29 is 4.39 Å². The Morgan fingerprint density at radius 2 is 1.89 bits per heavy atom. The number of halogens is 1. The Morgan fingerprint density at radius 3 is 2.58 bits per heavy atom. The van der Waals surface area contributed by atoms with Gasteiger partial charge in [0.15, 0.2) is 0 Å². The number of nitrogens with one attached hydrogen (secondary N) is 1. The van der Waals surface area contributed by atoms with Gasteiger partial charge in [-0.15, -0.1) is 0 Å². The predicted octanol–water partition coefficient (Wildman–Crippen LogP) is 2.79. The lowest BCUT2D eigenvalue weighted by Crippen LogP contribution is -2.42. The minimum Gasteiger partial charge on any atom is -0.312 e. The highest BCUT2D eigenvalue weighted by Gasteiger charge is 2.37. The van der Waals surface area contributed by atoms with Crippen molar-refractivity contribution in [2.24, 2.45) is 5.92 Å². The van der Waals surface area contributed by atoms with E-state index in [2.05, 4.69) is 17.3 Å². The normalized spacial score (nSPS) is 30.7. The summed E-state index contributed by atoms with van der Waals surface area (Å²) in [6.45, 7) is 1.67. The van der Waals surface area contributed by atoms with E-state index in [0.29, 0.717) is 6.54 Å². The topological polar surface area (TPSA) is 15.3 Å². The van der Waals surface area contributed by atoms with E-state index in [1.165, 1.54) is 31.7 Å². The molecule has 2 unspecified atom stereocenters. The summed E-state index contributed by atoms with van der Waals surface area (Å²) in [5.74, 6) is 0.666. The molecular formula is C16H23FN2. The minimum absolute atomic E-state index is 0.0987. The molecule has 3 rings (SSSR count). The van der Waals surface area contributed by atoms with E-state index in [0.717, 1.165) is 30.1 Å². The number of hydrogen-bond acceptors (Lipinski definition) is 2. The van der Waals surface area contributed by atoms with Gasteiger partial charge in [0.05, 0.1) is 0 Å². The molecule has 0 saturated carbocycles. The van der Waals surface area contributed by atoms with Gasteiger partial charge in [0.1, 0.15) is 5.82 Å². The van der Waals surface area contributed by atoms with Crippen LogP contribution in [0.5, 0.6) is 0 Å². The summed E-state index contributed by atoms with van der Waals surface area (Å²) in [6.07, 6.45) is 5.34. The first-order valence-electron chi connectivity index (χ1n) is 7.40. The average Bonchev–Trinajstić information content (AvgIpc) is 2.64. The van der Waals surface area contributed by atoms with Crippen LogP contribution in [0, 0.1) is 11.7 Å². The zero-order chi connectivity index (χ0) is 13.2. The molecule has 104 valence electrons. The van der Waals surface area contributed by atoms with Gasteiger partial charge in [-0.1, -0.05) is 18.2 Å². The third-order valence-electron chi connectivity index (χ3n) is 4.90. The molecular weight excluding hydrogens is 239 g/mol. The summed E-state index contributed by atoms with van der Waals surface area (Å²) in [6, 6.07) is 8.62. The fraction of sp³-hybridized carbons (Fsp3) is 0.625. The van der Waals surface area contributed by atoms with Crippen molar-refractivity contribution in [1.29, 1.82) is 0 Å². The van der Waals surface area contributed by atoms with E-state index in [1.54, 1.807) is 6.07 Å². The Bertz CT molecular complexity index is 421. The van der Waals surface area contributed by atoms with E-state index < -0.39 is 0 Å². The van der Waals surface area contributed by atoms with Gasteiger partial charge in [0.2, 0.25) is 0 Å². The molecule has 0 aliphatic carbocycles. The predicted molar refractivity (Wildman–Crippen MR) is 75.4 cm³/mol. The number of fused-ring (bicyclic) bond motifs is 2. The maximum absolute atomic E-state index is 13.5.